The van der Waals surface area contributed by atoms with E-state index in [0.717, 1.165) is 50.3 Å². The van der Waals surface area contributed by atoms with Crippen LogP contribution in [0, 0.1) is 19.8 Å². The molecule has 1 atom stereocenters. The van der Waals surface area contributed by atoms with Crippen molar-refractivity contribution < 1.29 is 9.53 Å². The smallest absolute Gasteiger partial charge is 0.256 e. The number of aromatic nitrogens is 2. The van der Waals surface area contributed by atoms with Gasteiger partial charge in [0, 0.05) is 30.9 Å². The molecule has 3 heterocycles. The maximum Gasteiger partial charge on any atom is 0.256 e. The van der Waals surface area contributed by atoms with Crippen LogP contribution in [-0.4, -0.2) is 59.2 Å². The summed E-state index contributed by atoms with van der Waals surface area (Å²) in [5.74, 6) is 0.479. The van der Waals surface area contributed by atoms with Crippen molar-refractivity contribution in [1.29, 1.82) is 0 Å². The molecule has 1 aromatic rings. The normalized spacial score (nSPS) is 23.2. The van der Waals surface area contributed by atoms with E-state index >= 15 is 0 Å². The Bertz CT molecular complexity index is 640. The lowest BCUT2D eigenvalue weighted by Gasteiger charge is -2.35. The number of ether oxygens (including phenoxy) is 1. The number of hydrogen-bond acceptors (Lipinski definition) is 5. The minimum Gasteiger partial charge on any atom is -0.365 e. The van der Waals surface area contributed by atoms with Crippen LogP contribution in [0.3, 0.4) is 0 Å². The Balaban J connectivity index is 1.48. The molecule has 7 nitrogen and oxygen atoms in total. The van der Waals surface area contributed by atoms with E-state index in [1.165, 1.54) is 0 Å². The number of carbonyl (C=O) groups excluding carboxylic acids is 1. The van der Waals surface area contributed by atoms with Gasteiger partial charge in [-0.1, -0.05) is 0 Å². The summed E-state index contributed by atoms with van der Waals surface area (Å²) >= 11 is 0. The van der Waals surface area contributed by atoms with Gasteiger partial charge in [-0.15, -0.1) is 0 Å². The van der Waals surface area contributed by atoms with Crippen molar-refractivity contribution in [3.63, 3.8) is 0 Å². The SMILES string of the molecule is Cc1ncn(CC2CCN(CC3CNC(=O)CO3)CC2)c(=O)c1C. The summed E-state index contributed by atoms with van der Waals surface area (Å²) in [6.45, 7) is 8.10. The Kier molecular flexibility index (Phi) is 5.30. The number of rotatable bonds is 4. The van der Waals surface area contributed by atoms with E-state index in [4.69, 9.17) is 4.74 Å². The third-order valence-electron chi connectivity index (χ3n) is 5.12. The Morgan fingerprint density at radius 2 is 2.00 bits per heavy atom. The second kappa shape index (κ2) is 7.44. The van der Waals surface area contributed by atoms with E-state index < -0.39 is 0 Å². The molecule has 7 heteroatoms. The van der Waals surface area contributed by atoms with Crippen molar-refractivity contribution in [1.82, 2.24) is 19.8 Å². The van der Waals surface area contributed by atoms with Gasteiger partial charge in [-0.3, -0.25) is 14.2 Å². The Morgan fingerprint density at radius 1 is 1.25 bits per heavy atom. The molecule has 3 rings (SSSR count). The maximum absolute atomic E-state index is 12.3. The van der Waals surface area contributed by atoms with Crippen LogP contribution in [0.5, 0.6) is 0 Å². The predicted octanol–water partition coefficient (Wildman–Crippen LogP) is 0.0871. The highest BCUT2D eigenvalue weighted by Crippen LogP contribution is 2.19. The van der Waals surface area contributed by atoms with Gasteiger partial charge in [-0.05, 0) is 45.7 Å². The molecule has 2 fully saturated rings. The van der Waals surface area contributed by atoms with Gasteiger partial charge < -0.3 is 15.0 Å². The number of morpholine rings is 1. The average molecular weight is 334 g/mol. The zero-order valence-electron chi connectivity index (χ0n) is 14.5. The molecule has 1 aromatic heterocycles. The minimum absolute atomic E-state index is 0.0302. The highest BCUT2D eigenvalue weighted by molar-refractivity contribution is 5.77. The fourth-order valence-corrected chi connectivity index (χ4v) is 3.37. The molecule has 132 valence electrons. The number of aryl methyl sites for hydroxylation is 1. The number of piperidine rings is 1. The van der Waals surface area contributed by atoms with Crippen molar-refractivity contribution in [3.05, 3.63) is 27.9 Å². The lowest BCUT2D eigenvalue weighted by Crippen LogP contribution is -2.49. The molecular weight excluding hydrogens is 308 g/mol. The zero-order valence-corrected chi connectivity index (χ0v) is 14.5. The van der Waals surface area contributed by atoms with Crippen LogP contribution in [0.1, 0.15) is 24.1 Å². The molecule has 1 amide bonds. The first-order valence-electron chi connectivity index (χ1n) is 8.66. The van der Waals surface area contributed by atoms with Gasteiger partial charge >= 0.3 is 0 Å². The van der Waals surface area contributed by atoms with Gasteiger partial charge in [0.05, 0.1) is 12.4 Å². The van der Waals surface area contributed by atoms with Gasteiger partial charge in [0.25, 0.3) is 5.56 Å². The van der Waals surface area contributed by atoms with Crippen LogP contribution in [0.4, 0.5) is 0 Å². The van der Waals surface area contributed by atoms with Crippen molar-refractivity contribution in [2.24, 2.45) is 5.92 Å². The van der Waals surface area contributed by atoms with E-state index in [9.17, 15) is 9.59 Å². The molecule has 1 N–H and O–H groups in total. The largest absolute Gasteiger partial charge is 0.365 e. The quantitative estimate of drug-likeness (QED) is 0.844. The average Bonchev–Trinajstić information content (AvgIpc) is 2.59. The number of nitrogens with one attached hydrogen (secondary N) is 1. The van der Waals surface area contributed by atoms with Crippen molar-refractivity contribution >= 4 is 5.91 Å². The molecule has 1 unspecified atom stereocenters. The molecule has 0 aromatic carbocycles. The van der Waals surface area contributed by atoms with E-state index in [-0.39, 0.29) is 24.2 Å². The summed E-state index contributed by atoms with van der Waals surface area (Å²) in [5.41, 5.74) is 1.63. The molecule has 0 radical (unpaired) electrons. The third-order valence-corrected chi connectivity index (χ3v) is 5.12. The Morgan fingerprint density at radius 3 is 2.67 bits per heavy atom. The summed E-state index contributed by atoms with van der Waals surface area (Å²) in [6, 6.07) is 0. The summed E-state index contributed by atoms with van der Waals surface area (Å²) in [6.07, 6.45) is 3.90. The van der Waals surface area contributed by atoms with Gasteiger partial charge in [-0.25, -0.2) is 4.98 Å². The monoisotopic (exact) mass is 334 g/mol. The first-order valence-corrected chi connectivity index (χ1v) is 8.66. The Labute approximate surface area is 142 Å². The van der Waals surface area contributed by atoms with Crippen LogP contribution in [0.15, 0.2) is 11.1 Å². The van der Waals surface area contributed by atoms with Gasteiger partial charge in [0.2, 0.25) is 5.91 Å². The van der Waals surface area contributed by atoms with Crippen molar-refractivity contribution in [3.8, 4) is 0 Å². The fraction of sp³-hybridized carbons (Fsp3) is 0.706. The summed E-state index contributed by atoms with van der Waals surface area (Å²) in [5, 5.41) is 2.84. The first-order chi connectivity index (χ1) is 11.5. The van der Waals surface area contributed by atoms with Crippen LogP contribution < -0.4 is 10.9 Å². The lowest BCUT2D eigenvalue weighted by molar-refractivity contribution is -0.134. The highest BCUT2D eigenvalue weighted by atomic mass is 16.5. The molecule has 0 bridgehead atoms. The Hall–Kier alpha value is -1.73. The maximum atomic E-state index is 12.3. The molecular formula is C17H26N4O3. The molecule has 2 aliphatic rings. The van der Waals surface area contributed by atoms with E-state index in [1.807, 2.05) is 13.8 Å². The second-order valence-corrected chi connectivity index (χ2v) is 6.89. The number of likely N-dealkylation sites (tertiary alicyclic amines) is 1. The predicted molar refractivity (Wildman–Crippen MR) is 89.9 cm³/mol. The standard InChI is InChI=1S/C17H26N4O3/c1-12-13(2)19-11-21(17(12)23)8-14-3-5-20(6-4-14)9-15-7-18-16(22)10-24-15/h11,14-15H,3-10H2,1-2H3,(H,18,22). The number of hydrogen-bond donors (Lipinski definition) is 1. The van der Waals surface area contributed by atoms with E-state index in [2.05, 4.69) is 15.2 Å². The highest BCUT2D eigenvalue weighted by Gasteiger charge is 2.25. The van der Waals surface area contributed by atoms with Gasteiger partial charge in [-0.2, -0.15) is 0 Å². The third kappa shape index (κ3) is 4.02. The molecule has 24 heavy (non-hydrogen) atoms. The van der Waals surface area contributed by atoms with Crippen LogP contribution in [-0.2, 0) is 16.1 Å². The van der Waals surface area contributed by atoms with Crippen LogP contribution >= 0.6 is 0 Å². The number of carbonyl (C=O) groups is 1. The van der Waals surface area contributed by atoms with Crippen molar-refractivity contribution in [2.75, 3.05) is 32.8 Å². The summed E-state index contributed by atoms with van der Waals surface area (Å²) in [7, 11) is 0. The van der Waals surface area contributed by atoms with Gasteiger partial charge in [0.15, 0.2) is 0 Å². The lowest BCUT2D eigenvalue weighted by atomic mass is 9.96. The van der Waals surface area contributed by atoms with Crippen LogP contribution in [0.2, 0.25) is 0 Å². The molecule has 0 spiro atoms. The summed E-state index contributed by atoms with van der Waals surface area (Å²) < 4.78 is 7.30. The zero-order chi connectivity index (χ0) is 17.1. The van der Waals surface area contributed by atoms with Crippen LogP contribution in [0.25, 0.3) is 0 Å². The second-order valence-electron chi connectivity index (χ2n) is 6.89. The number of amides is 1. The molecule has 2 saturated heterocycles. The van der Waals surface area contributed by atoms with Crippen molar-refractivity contribution in [2.45, 2.75) is 39.3 Å². The minimum atomic E-state index is -0.0302. The molecule has 2 aliphatic heterocycles. The summed E-state index contributed by atoms with van der Waals surface area (Å²) in [4.78, 5) is 30.1. The molecule has 0 aliphatic carbocycles. The molecule has 0 saturated carbocycles. The van der Waals surface area contributed by atoms with E-state index in [0.29, 0.717) is 12.5 Å². The topological polar surface area (TPSA) is 76.5 Å². The fourth-order valence-electron chi connectivity index (χ4n) is 3.37. The van der Waals surface area contributed by atoms with Gasteiger partial charge in [0.1, 0.15) is 6.61 Å². The van der Waals surface area contributed by atoms with E-state index in [1.54, 1.807) is 10.9 Å². The first kappa shape index (κ1) is 17.1. The number of nitrogens with zero attached hydrogens (tertiary/aromatic N) is 3.